The molecule has 3 nitrogen and oxygen atoms in total. The number of carbonyl (C=O) groups excluding carboxylic acids is 1. The molecule has 1 heterocycles. The molecule has 0 radical (unpaired) electrons. The minimum Gasteiger partial charge on any atom is -0.435 e. The number of carbonyl (C=O) groups is 1. The van der Waals surface area contributed by atoms with Gasteiger partial charge >= 0.3 is 0 Å². The molecule has 96 valence electrons. The molecule has 0 bridgehead atoms. The zero-order chi connectivity index (χ0) is 13.0. The summed E-state index contributed by atoms with van der Waals surface area (Å²) in [6.45, 7) is 1.63. The second-order valence-electron chi connectivity index (χ2n) is 5.01. The van der Waals surface area contributed by atoms with Crippen molar-refractivity contribution in [3.8, 4) is 0 Å². The molecule has 1 fully saturated rings. The lowest BCUT2D eigenvalue weighted by Crippen LogP contribution is -2.46. The molecule has 1 aliphatic heterocycles. The highest BCUT2D eigenvalue weighted by atomic mass is 16.4. The summed E-state index contributed by atoms with van der Waals surface area (Å²) >= 11 is 0. The lowest BCUT2D eigenvalue weighted by Gasteiger charge is -2.35. The van der Waals surface area contributed by atoms with Crippen LogP contribution in [0.5, 0.6) is 0 Å². The molecule has 2 rings (SSSR count). The van der Waals surface area contributed by atoms with E-state index in [2.05, 4.69) is 29.6 Å². The molecule has 1 aromatic rings. The van der Waals surface area contributed by atoms with E-state index < -0.39 is 0 Å². The summed E-state index contributed by atoms with van der Waals surface area (Å²) in [6, 6.07) is 10.5. The van der Waals surface area contributed by atoms with E-state index in [1.807, 2.05) is 13.1 Å². The number of likely N-dealkylation sites (N-methyl/N-ethyl adjacent to an activating group) is 1. The lowest BCUT2D eigenvalue weighted by molar-refractivity contribution is -0.118. The Hall–Kier alpha value is -1.13. The smallest absolute Gasteiger partial charge is 0.293 e. The SMILES string of the molecule is CNC1BOC(CC(C)=O)CC1c1ccccc1. The third kappa shape index (κ3) is 3.21. The first-order valence-electron chi connectivity index (χ1n) is 6.54. The Morgan fingerprint density at radius 3 is 2.78 bits per heavy atom. The summed E-state index contributed by atoms with van der Waals surface area (Å²) in [7, 11) is 2.64. The molecule has 4 heteroatoms. The Kier molecular flexibility index (Phi) is 4.56. The largest absolute Gasteiger partial charge is 0.435 e. The maximum absolute atomic E-state index is 11.2. The van der Waals surface area contributed by atoms with Crippen molar-refractivity contribution in [3.63, 3.8) is 0 Å². The molecule has 1 N–H and O–H groups in total. The normalized spacial score (nSPS) is 27.6. The number of nitrogens with one attached hydrogen (secondary N) is 1. The van der Waals surface area contributed by atoms with Crippen molar-refractivity contribution in [1.29, 1.82) is 0 Å². The van der Waals surface area contributed by atoms with Gasteiger partial charge in [-0.05, 0) is 31.9 Å². The van der Waals surface area contributed by atoms with Crippen LogP contribution in [0.4, 0.5) is 0 Å². The summed E-state index contributed by atoms with van der Waals surface area (Å²) in [6.07, 6.45) is 1.51. The van der Waals surface area contributed by atoms with Gasteiger partial charge in [0.2, 0.25) is 0 Å². The van der Waals surface area contributed by atoms with Crippen LogP contribution in [-0.2, 0) is 9.45 Å². The summed E-state index contributed by atoms with van der Waals surface area (Å²) < 4.78 is 5.76. The van der Waals surface area contributed by atoms with Gasteiger partial charge in [0.15, 0.2) is 0 Å². The van der Waals surface area contributed by atoms with Crippen LogP contribution in [0.25, 0.3) is 0 Å². The van der Waals surface area contributed by atoms with Crippen molar-refractivity contribution in [1.82, 2.24) is 5.32 Å². The zero-order valence-corrected chi connectivity index (χ0v) is 11.1. The minimum absolute atomic E-state index is 0.0670. The Bertz CT molecular complexity index is 396. The molecule has 3 unspecified atom stereocenters. The van der Waals surface area contributed by atoms with Crippen LogP contribution in [0.1, 0.15) is 31.2 Å². The standard InChI is InChI=1S/C14H20BNO2/c1-10(17)8-12-9-13(14(16-2)15-18-12)11-6-4-3-5-7-11/h3-7,12-16H,8-9H2,1-2H3. The minimum atomic E-state index is 0.0670. The fourth-order valence-electron chi connectivity index (χ4n) is 2.69. The Morgan fingerprint density at radius 2 is 2.17 bits per heavy atom. The van der Waals surface area contributed by atoms with E-state index in [-0.39, 0.29) is 11.9 Å². The zero-order valence-electron chi connectivity index (χ0n) is 11.1. The van der Waals surface area contributed by atoms with E-state index in [0.29, 0.717) is 25.8 Å². The molecule has 18 heavy (non-hydrogen) atoms. The van der Waals surface area contributed by atoms with Crippen molar-refractivity contribution in [3.05, 3.63) is 35.9 Å². The number of ketones is 1. The maximum Gasteiger partial charge on any atom is 0.293 e. The lowest BCUT2D eigenvalue weighted by atomic mass is 9.69. The highest BCUT2D eigenvalue weighted by molar-refractivity contribution is 6.30. The molecule has 3 atom stereocenters. The first kappa shape index (κ1) is 13.3. The number of hydrogen-bond acceptors (Lipinski definition) is 3. The van der Waals surface area contributed by atoms with Crippen molar-refractivity contribution in [2.75, 3.05) is 7.05 Å². The van der Waals surface area contributed by atoms with Crippen LogP contribution in [0.15, 0.2) is 30.3 Å². The van der Waals surface area contributed by atoms with Gasteiger partial charge in [-0.25, -0.2) is 0 Å². The fourth-order valence-corrected chi connectivity index (χ4v) is 2.69. The number of rotatable bonds is 4. The molecule has 1 aromatic carbocycles. The first-order chi connectivity index (χ1) is 8.70. The maximum atomic E-state index is 11.2. The summed E-state index contributed by atoms with van der Waals surface area (Å²) in [4.78, 5) is 11.2. The number of hydrogen-bond donors (Lipinski definition) is 1. The Labute approximate surface area is 109 Å². The van der Waals surface area contributed by atoms with Gasteiger partial charge in [-0.15, -0.1) is 0 Å². The fraction of sp³-hybridized carbons (Fsp3) is 0.500. The van der Waals surface area contributed by atoms with Crippen molar-refractivity contribution in [2.45, 2.75) is 37.7 Å². The molecule has 0 aromatic heterocycles. The molecule has 0 spiro atoms. The third-order valence-electron chi connectivity index (χ3n) is 3.63. The topological polar surface area (TPSA) is 38.3 Å². The third-order valence-corrected chi connectivity index (χ3v) is 3.63. The average molecular weight is 245 g/mol. The van der Waals surface area contributed by atoms with Gasteiger partial charge in [0.1, 0.15) is 5.78 Å². The van der Waals surface area contributed by atoms with Gasteiger partial charge < -0.3 is 9.97 Å². The molecule has 0 aliphatic carbocycles. The van der Waals surface area contributed by atoms with Crippen LogP contribution < -0.4 is 5.32 Å². The van der Waals surface area contributed by atoms with Crippen LogP contribution in [0.3, 0.4) is 0 Å². The van der Waals surface area contributed by atoms with E-state index in [1.165, 1.54) is 5.56 Å². The molecule has 0 amide bonds. The van der Waals surface area contributed by atoms with E-state index >= 15 is 0 Å². The predicted octanol–water partition coefficient (Wildman–Crippen LogP) is 1.44. The molecule has 1 saturated heterocycles. The highest BCUT2D eigenvalue weighted by Crippen LogP contribution is 2.30. The second-order valence-corrected chi connectivity index (χ2v) is 5.01. The number of Topliss-reactive ketones (excluding diaryl/α,β-unsaturated/α-hetero) is 1. The summed E-state index contributed by atoms with van der Waals surface area (Å²) in [5, 5.41) is 3.32. The van der Waals surface area contributed by atoms with Crippen LogP contribution >= 0.6 is 0 Å². The van der Waals surface area contributed by atoms with Gasteiger partial charge in [0.25, 0.3) is 7.48 Å². The molecule has 1 aliphatic rings. The van der Waals surface area contributed by atoms with Gasteiger partial charge in [-0.3, -0.25) is 4.79 Å². The van der Waals surface area contributed by atoms with Crippen LogP contribution in [-0.4, -0.2) is 32.4 Å². The Morgan fingerprint density at radius 1 is 1.44 bits per heavy atom. The summed E-state index contributed by atoms with van der Waals surface area (Å²) in [5.74, 6) is 0.958. The summed E-state index contributed by atoms with van der Waals surface area (Å²) in [5.41, 5.74) is 1.33. The van der Waals surface area contributed by atoms with E-state index in [9.17, 15) is 4.79 Å². The molecular weight excluding hydrogens is 225 g/mol. The molecule has 0 saturated carbocycles. The van der Waals surface area contributed by atoms with Crippen molar-refractivity contribution in [2.24, 2.45) is 0 Å². The first-order valence-corrected chi connectivity index (χ1v) is 6.54. The van der Waals surface area contributed by atoms with E-state index in [0.717, 1.165) is 6.42 Å². The van der Waals surface area contributed by atoms with Crippen LogP contribution in [0.2, 0.25) is 0 Å². The van der Waals surface area contributed by atoms with E-state index in [1.54, 1.807) is 6.92 Å². The van der Waals surface area contributed by atoms with Crippen molar-refractivity contribution < 1.29 is 9.45 Å². The average Bonchev–Trinajstić information content (AvgIpc) is 2.39. The van der Waals surface area contributed by atoms with Gasteiger partial charge in [-0.1, -0.05) is 30.3 Å². The van der Waals surface area contributed by atoms with Crippen molar-refractivity contribution >= 4 is 13.3 Å². The predicted molar refractivity (Wildman–Crippen MR) is 74.0 cm³/mol. The molecular formula is C14H20BNO2. The number of benzene rings is 1. The Balaban J connectivity index is 2.11. The van der Waals surface area contributed by atoms with Gasteiger partial charge in [-0.2, -0.15) is 0 Å². The highest BCUT2D eigenvalue weighted by Gasteiger charge is 2.32. The quantitative estimate of drug-likeness (QED) is 0.815. The second kappa shape index (κ2) is 6.16. The monoisotopic (exact) mass is 245 g/mol. The van der Waals surface area contributed by atoms with Gasteiger partial charge in [0.05, 0.1) is 0 Å². The van der Waals surface area contributed by atoms with Crippen LogP contribution in [0, 0.1) is 0 Å². The van der Waals surface area contributed by atoms with E-state index in [4.69, 9.17) is 4.65 Å². The van der Waals surface area contributed by atoms with Gasteiger partial charge in [0, 0.05) is 18.5 Å².